The second-order valence-electron chi connectivity index (χ2n) is 27.7. The Balaban J connectivity index is 3.91. The Morgan fingerprint density at radius 2 is 0.633 bits per heavy atom. The zero-order valence-electron chi connectivity index (χ0n) is 60.4. The van der Waals surface area contributed by atoms with Crippen LogP contribution in [0.1, 0.15) is 386 Å². The summed E-state index contributed by atoms with van der Waals surface area (Å²) in [5.74, 6) is -0.809. The maximum atomic E-state index is 12.9. The number of carbonyl (C=O) groups is 2. The molecule has 0 aromatic rings. The monoisotopic (exact) mass is 1280 g/mol. The number of unbranched alkanes of at least 4 members (excludes halogenated alkanes) is 49. The van der Waals surface area contributed by atoms with Gasteiger partial charge in [-0.25, -0.2) is 0 Å². The van der Waals surface area contributed by atoms with Gasteiger partial charge >= 0.3 is 11.9 Å². The highest BCUT2D eigenvalue weighted by Crippen LogP contribution is 2.38. The van der Waals surface area contributed by atoms with Crippen molar-refractivity contribution in [2.75, 3.05) is 47.5 Å². The van der Waals surface area contributed by atoms with Gasteiger partial charge < -0.3 is 27.9 Å². The SMILES string of the molecule is CC/C=C\C/C=C\C/C=C\C/C=C\C/C=C\CCCCCCCCCCCCCCCCCCCCCCCCCC(=O)OC(COC(=O)CCCCCCCCCCCCCCCCCCCCCCCCCCCCC)COP(=O)([O-])OCC[N+](C)(C)C. The molecule has 0 fully saturated rings. The molecule has 2 unspecified atom stereocenters. The van der Waals surface area contributed by atoms with Crippen molar-refractivity contribution in [2.24, 2.45) is 0 Å². The number of hydrogen-bond acceptors (Lipinski definition) is 8. The third kappa shape index (κ3) is 74.7. The number of phosphoric acid groups is 1. The molecule has 0 saturated carbocycles. The first-order chi connectivity index (χ1) is 44.0. The summed E-state index contributed by atoms with van der Waals surface area (Å²) in [7, 11) is 1.19. The molecule has 0 heterocycles. The highest BCUT2D eigenvalue weighted by molar-refractivity contribution is 7.45. The summed E-state index contributed by atoms with van der Waals surface area (Å²) >= 11 is 0. The van der Waals surface area contributed by atoms with Crippen molar-refractivity contribution in [3.63, 3.8) is 0 Å². The van der Waals surface area contributed by atoms with Gasteiger partial charge in [-0.3, -0.25) is 14.2 Å². The van der Waals surface area contributed by atoms with E-state index >= 15 is 0 Å². The van der Waals surface area contributed by atoms with Gasteiger partial charge in [0.25, 0.3) is 7.82 Å². The molecule has 10 heteroatoms. The fourth-order valence-electron chi connectivity index (χ4n) is 11.6. The molecule has 90 heavy (non-hydrogen) atoms. The number of esters is 2. The number of rotatable bonds is 73. The standard InChI is InChI=1S/C80H150NO8P/c1-6-8-10-12-14-16-18-20-22-24-26-28-30-32-34-35-36-37-38-39-40-41-42-43-44-45-47-49-51-53-55-57-59-61-63-65-67-69-71-73-80(83)89-78(77-88-90(84,85)87-75-74-81(3,4)5)76-86-79(82)72-70-68-66-64-62-60-58-56-54-52-50-48-46-33-31-29-27-25-23-21-19-17-15-13-11-9-7-2/h8,10,14,16,20,22,26,28,32,34,78H,6-7,9,11-13,15,17-19,21,23-25,27,29-31,33,35-77H2,1-5H3/b10-8-,16-14-,22-20-,28-26-,34-32-. The zero-order chi connectivity index (χ0) is 65.5. The van der Waals surface area contributed by atoms with Gasteiger partial charge in [-0.1, -0.05) is 376 Å². The number of quaternary nitrogens is 1. The fraction of sp³-hybridized carbons (Fsp3) is 0.850. The lowest BCUT2D eigenvalue weighted by Crippen LogP contribution is -2.37. The molecule has 0 aromatic heterocycles. The molecule has 0 spiro atoms. The molecule has 2 atom stereocenters. The van der Waals surface area contributed by atoms with E-state index in [0.29, 0.717) is 17.4 Å². The number of phosphoric ester groups is 1. The maximum Gasteiger partial charge on any atom is 0.306 e. The molecule has 0 aromatic carbocycles. The molecule has 528 valence electrons. The van der Waals surface area contributed by atoms with Crippen molar-refractivity contribution >= 4 is 19.8 Å². The number of likely N-dealkylation sites (N-methyl/N-ethyl adjacent to an activating group) is 1. The van der Waals surface area contributed by atoms with Crippen LogP contribution in [0.5, 0.6) is 0 Å². The Morgan fingerprint density at radius 3 is 0.944 bits per heavy atom. The van der Waals surface area contributed by atoms with E-state index in [1.54, 1.807) is 0 Å². The van der Waals surface area contributed by atoms with Gasteiger partial charge in [0.1, 0.15) is 19.8 Å². The molecule has 0 rings (SSSR count). The maximum absolute atomic E-state index is 12.9. The summed E-state index contributed by atoms with van der Waals surface area (Å²) in [5, 5.41) is 0. The predicted molar refractivity (Wildman–Crippen MR) is 388 cm³/mol. The van der Waals surface area contributed by atoms with Gasteiger partial charge in [-0.2, -0.15) is 0 Å². The Labute approximate surface area is 559 Å². The normalized spacial score (nSPS) is 13.4. The molecule has 9 nitrogen and oxygen atoms in total. The van der Waals surface area contributed by atoms with Crippen LogP contribution in [0.2, 0.25) is 0 Å². The molecule has 0 aliphatic rings. The van der Waals surface area contributed by atoms with E-state index < -0.39 is 26.5 Å². The lowest BCUT2D eigenvalue weighted by molar-refractivity contribution is -0.870. The van der Waals surface area contributed by atoms with Crippen LogP contribution in [0, 0.1) is 0 Å². The van der Waals surface area contributed by atoms with Gasteiger partial charge in [0, 0.05) is 12.8 Å². The number of allylic oxidation sites excluding steroid dienone is 10. The van der Waals surface area contributed by atoms with Gasteiger partial charge in [-0.15, -0.1) is 0 Å². The van der Waals surface area contributed by atoms with Gasteiger partial charge in [-0.05, 0) is 57.8 Å². The van der Waals surface area contributed by atoms with Crippen molar-refractivity contribution in [2.45, 2.75) is 392 Å². The number of nitrogens with zero attached hydrogens (tertiary/aromatic N) is 1. The minimum Gasteiger partial charge on any atom is -0.756 e. The van der Waals surface area contributed by atoms with E-state index in [4.69, 9.17) is 18.5 Å². The molecule has 0 aliphatic carbocycles. The molecule has 0 saturated heterocycles. The van der Waals surface area contributed by atoms with E-state index in [9.17, 15) is 19.0 Å². The van der Waals surface area contributed by atoms with Crippen LogP contribution in [0.4, 0.5) is 0 Å². The molecule has 0 N–H and O–H groups in total. The summed E-state index contributed by atoms with van der Waals surface area (Å²) < 4.78 is 34.4. The second-order valence-corrected chi connectivity index (χ2v) is 29.1. The van der Waals surface area contributed by atoms with Gasteiger partial charge in [0.2, 0.25) is 0 Å². The number of ether oxygens (including phenoxy) is 2. The van der Waals surface area contributed by atoms with E-state index in [1.807, 2.05) is 21.1 Å². The van der Waals surface area contributed by atoms with Crippen molar-refractivity contribution in [3.8, 4) is 0 Å². The Morgan fingerprint density at radius 1 is 0.356 bits per heavy atom. The first-order valence-electron chi connectivity index (χ1n) is 39.0. The Kier molecular flexibility index (Phi) is 69.2. The molecule has 0 radical (unpaired) electrons. The minimum atomic E-state index is -4.64. The van der Waals surface area contributed by atoms with Crippen LogP contribution in [-0.2, 0) is 32.7 Å². The lowest BCUT2D eigenvalue weighted by Gasteiger charge is -2.28. The van der Waals surface area contributed by atoms with Crippen molar-refractivity contribution in [1.82, 2.24) is 0 Å². The highest BCUT2D eigenvalue weighted by Gasteiger charge is 2.22. The summed E-state index contributed by atoms with van der Waals surface area (Å²) in [6.45, 7) is 4.20. The van der Waals surface area contributed by atoms with Gasteiger partial charge in [0.05, 0.1) is 27.7 Å². The van der Waals surface area contributed by atoms with E-state index in [1.165, 1.54) is 289 Å². The topological polar surface area (TPSA) is 111 Å². The predicted octanol–water partition coefficient (Wildman–Crippen LogP) is 25.1. The summed E-state index contributed by atoms with van der Waals surface area (Å²) in [6.07, 6.45) is 94.8. The first kappa shape index (κ1) is 87.7. The largest absolute Gasteiger partial charge is 0.756 e. The molecular weight excluding hydrogens is 1130 g/mol. The van der Waals surface area contributed by atoms with Crippen LogP contribution in [-0.4, -0.2) is 70.0 Å². The smallest absolute Gasteiger partial charge is 0.306 e. The average molecular weight is 1290 g/mol. The first-order valence-corrected chi connectivity index (χ1v) is 40.5. The van der Waals surface area contributed by atoms with Crippen molar-refractivity contribution in [3.05, 3.63) is 60.8 Å². The van der Waals surface area contributed by atoms with Crippen molar-refractivity contribution in [1.29, 1.82) is 0 Å². The molecule has 0 amide bonds. The van der Waals surface area contributed by atoms with Crippen molar-refractivity contribution < 1.29 is 42.1 Å². The summed E-state index contributed by atoms with van der Waals surface area (Å²) in [4.78, 5) is 38.1. The van der Waals surface area contributed by atoms with Crippen LogP contribution < -0.4 is 4.89 Å². The third-order valence-corrected chi connectivity index (χ3v) is 18.5. The molecule has 0 bridgehead atoms. The summed E-state index contributed by atoms with van der Waals surface area (Å²) in [6, 6.07) is 0. The third-order valence-electron chi connectivity index (χ3n) is 17.6. The number of carbonyl (C=O) groups excluding carboxylic acids is 2. The average Bonchev–Trinajstić information content (AvgIpc) is 3.58. The number of hydrogen-bond donors (Lipinski definition) is 0. The van der Waals surface area contributed by atoms with E-state index in [2.05, 4.69) is 74.6 Å². The molecular formula is C80H150NO8P. The zero-order valence-corrected chi connectivity index (χ0v) is 61.2. The Hall–Kier alpha value is -2.29. The lowest BCUT2D eigenvalue weighted by atomic mass is 10.0. The van der Waals surface area contributed by atoms with E-state index in [0.717, 1.165) is 64.2 Å². The van der Waals surface area contributed by atoms with Crippen LogP contribution in [0.25, 0.3) is 0 Å². The van der Waals surface area contributed by atoms with Crippen LogP contribution in [0.15, 0.2) is 60.8 Å². The summed E-state index contributed by atoms with van der Waals surface area (Å²) in [5.41, 5.74) is 0. The second kappa shape index (κ2) is 71.0. The van der Waals surface area contributed by atoms with Gasteiger partial charge in [0.15, 0.2) is 6.10 Å². The van der Waals surface area contributed by atoms with Crippen LogP contribution >= 0.6 is 7.82 Å². The molecule has 0 aliphatic heterocycles. The minimum absolute atomic E-state index is 0.0278. The fourth-order valence-corrected chi connectivity index (χ4v) is 12.4. The quantitative estimate of drug-likeness (QED) is 0.0195. The van der Waals surface area contributed by atoms with E-state index in [-0.39, 0.29) is 32.0 Å². The highest BCUT2D eigenvalue weighted by atomic mass is 31.2. The van der Waals surface area contributed by atoms with Crippen LogP contribution in [0.3, 0.4) is 0 Å². The Bertz CT molecular complexity index is 1700.